The highest BCUT2D eigenvalue weighted by Crippen LogP contribution is 2.34. The number of amides is 1. The number of nitrogens with two attached hydrogens (primary N) is 1. The van der Waals surface area contributed by atoms with E-state index in [2.05, 4.69) is 22.0 Å². The summed E-state index contributed by atoms with van der Waals surface area (Å²) in [5.41, 5.74) is 7.12. The average molecular weight is 520 g/mol. The number of hydrogen-bond donors (Lipinski definition) is 3. The highest BCUT2D eigenvalue weighted by molar-refractivity contribution is 5.77. The average Bonchev–Trinajstić information content (AvgIpc) is 3.22. The first kappa shape index (κ1) is 25.3. The number of benzene rings is 1. The van der Waals surface area contributed by atoms with Crippen molar-refractivity contribution >= 4 is 11.6 Å². The molecule has 0 spiro atoms. The fourth-order valence-corrected chi connectivity index (χ4v) is 4.58. The molecule has 0 radical (unpaired) electrons. The van der Waals surface area contributed by atoms with Gasteiger partial charge in [-0.1, -0.05) is 5.92 Å². The van der Waals surface area contributed by atoms with E-state index in [9.17, 15) is 23.5 Å². The van der Waals surface area contributed by atoms with Gasteiger partial charge in [0, 0.05) is 35.2 Å². The molecule has 1 saturated heterocycles. The summed E-state index contributed by atoms with van der Waals surface area (Å²) in [4.78, 5) is 29.2. The van der Waals surface area contributed by atoms with Crippen molar-refractivity contribution in [1.29, 1.82) is 0 Å². The predicted molar refractivity (Wildman–Crippen MR) is 133 cm³/mol. The lowest BCUT2D eigenvalue weighted by atomic mass is 9.87. The molecular formula is C27H23F2N5O4. The number of primary amides is 1. The lowest BCUT2D eigenvalue weighted by Crippen LogP contribution is -2.48. The van der Waals surface area contributed by atoms with Gasteiger partial charge in [0.25, 0.3) is 0 Å². The summed E-state index contributed by atoms with van der Waals surface area (Å²) in [6.45, 7) is 1.91. The number of fused-ring (bicyclic) bond motifs is 1. The smallest absolute Gasteiger partial charge is 0.347 e. The summed E-state index contributed by atoms with van der Waals surface area (Å²) >= 11 is 0. The third-order valence-electron chi connectivity index (χ3n) is 6.38. The highest BCUT2D eigenvalue weighted by atomic mass is 19.1. The molecule has 4 N–H and O–H groups in total. The Morgan fingerprint density at radius 2 is 1.92 bits per heavy atom. The second-order valence-corrected chi connectivity index (χ2v) is 9.31. The molecule has 0 saturated carbocycles. The van der Waals surface area contributed by atoms with Gasteiger partial charge in [0.2, 0.25) is 5.91 Å². The van der Waals surface area contributed by atoms with E-state index >= 15 is 0 Å². The molecule has 11 heteroatoms. The number of hydrogen-bond acceptors (Lipinski definition) is 6. The Morgan fingerprint density at radius 3 is 2.58 bits per heavy atom. The Labute approximate surface area is 215 Å². The van der Waals surface area contributed by atoms with Crippen LogP contribution in [0.2, 0.25) is 0 Å². The number of pyridine rings is 2. The molecule has 1 aromatic carbocycles. The normalized spacial score (nSPS) is 14.9. The van der Waals surface area contributed by atoms with E-state index in [1.165, 1.54) is 16.5 Å². The molecule has 1 aliphatic heterocycles. The van der Waals surface area contributed by atoms with E-state index in [1.807, 2.05) is 0 Å². The van der Waals surface area contributed by atoms with Crippen molar-refractivity contribution in [2.45, 2.75) is 31.3 Å². The highest BCUT2D eigenvalue weighted by Gasteiger charge is 2.34. The summed E-state index contributed by atoms with van der Waals surface area (Å²) in [6.07, 6.45) is -0.112. The molecule has 38 heavy (non-hydrogen) atoms. The molecule has 9 nitrogen and oxygen atoms in total. The predicted octanol–water partition coefficient (Wildman–Crippen LogP) is 1.99. The third-order valence-corrected chi connectivity index (χ3v) is 6.38. The zero-order valence-corrected chi connectivity index (χ0v) is 20.3. The van der Waals surface area contributed by atoms with E-state index in [0.717, 1.165) is 6.07 Å². The topological polar surface area (TPSA) is 136 Å². The molecule has 4 heterocycles. The van der Waals surface area contributed by atoms with Crippen LogP contribution in [0.15, 0.2) is 47.3 Å². The van der Waals surface area contributed by atoms with E-state index in [4.69, 9.17) is 15.5 Å². The molecular weight excluding hydrogens is 496 g/mol. The van der Waals surface area contributed by atoms with Gasteiger partial charge in [-0.15, -0.1) is 0 Å². The minimum Gasteiger partial charge on any atom is -0.373 e. The summed E-state index contributed by atoms with van der Waals surface area (Å²) in [6, 6.07) is 9.97. The van der Waals surface area contributed by atoms with Crippen molar-refractivity contribution < 1.29 is 23.4 Å². The lowest BCUT2D eigenvalue weighted by molar-refractivity contribution is -0.140. The molecule has 1 atom stereocenters. The Hall–Kier alpha value is -4.40. The van der Waals surface area contributed by atoms with Gasteiger partial charge in [-0.05, 0) is 61.2 Å². The van der Waals surface area contributed by atoms with Crippen LogP contribution in [0.25, 0.3) is 16.8 Å². The van der Waals surface area contributed by atoms with Gasteiger partial charge >= 0.3 is 5.69 Å². The minimum atomic E-state index is -1.27. The number of aromatic amines is 1. The zero-order valence-electron chi connectivity index (χ0n) is 20.3. The van der Waals surface area contributed by atoms with E-state index in [-0.39, 0.29) is 26.1 Å². The van der Waals surface area contributed by atoms with Crippen molar-refractivity contribution in [2.75, 3.05) is 13.2 Å². The van der Waals surface area contributed by atoms with Gasteiger partial charge in [0.1, 0.15) is 17.3 Å². The summed E-state index contributed by atoms with van der Waals surface area (Å²) in [5.74, 6) is 2.79. The molecule has 1 fully saturated rings. The molecule has 0 aliphatic carbocycles. The number of aromatic nitrogens is 4. The minimum absolute atomic E-state index is 0.0548. The Morgan fingerprint density at radius 1 is 1.21 bits per heavy atom. The van der Waals surface area contributed by atoms with E-state index in [1.54, 1.807) is 31.2 Å². The molecule has 3 aromatic heterocycles. The standard InChI is InChI=1S/C27H23F2N5O4/c1-15-21(4-5-24-32-33-26(36)34(15)24)22-3-2-20(6-7-27(37)13-38-14-27)31-25(22)17(11-23(30)35)8-16-9-18(28)12-19(29)10-16/h2-5,9-10,12,17,37H,8,11,13-14H2,1H3,(H2,30,35)(H,33,36)/t17-/m0/s1. The summed E-state index contributed by atoms with van der Waals surface area (Å²) < 4.78 is 34.4. The summed E-state index contributed by atoms with van der Waals surface area (Å²) in [5, 5.41) is 16.7. The maximum atomic E-state index is 14.0. The van der Waals surface area contributed by atoms with Crippen LogP contribution in [0, 0.1) is 30.4 Å². The largest absolute Gasteiger partial charge is 0.373 e. The molecule has 5 rings (SSSR count). The molecule has 0 bridgehead atoms. The maximum absolute atomic E-state index is 14.0. The number of carbonyl (C=O) groups is 1. The third kappa shape index (κ3) is 5.04. The lowest BCUT2D eigenvalue weighted by Gasteiger charge is -2.30. The second kappa shape index (κ2) is 9.81. The van der Waals surface area contributed by atoms with Crippen LogP contribution in [0.3, 0.4) is 0 Å². The van der Waals surface area contributed by atoms with Crippen molar-refractivity contribution in [3.63, 3.8) is 0 Å². The number of carbonyl (C=O) groups excluding carboxylic acids is 1. The fourth-order valence-electron chi connectivity index (χ4n) is 4.58. The Kier molecular flexibility index (Phi) is 6.52. The van der Waals surface area contributed by atoms with Gasteiger partial charge < -0.3 is 15.6 Å². The molecule has 194 valence electrons. The Balaban J connectivity index is 1.68. The number of aliphatic hydroxyl groups is 1. The van der Waals surface area contributed by atoms with Gasteiger partial charge in [-0.2, -0.15) is 5.10 Å². The first-order chi connectivity index (χ1) is 18.1. The second-order valence-electron chi connectivity index (χ2n) is 9.31. The van der Waals surface area contributed by atoms with Crippen molar-refractivity contribution in [1.82, 2.24) is 19.6 Å². The maximum Gasteiger partial charge on any atom is 0.347 e. The number of H-pyrrole nitrogens is 1. The fraction of sp³-hybridized carbons (Fsp3) is 0.259. The number of ether oxygens (including phenoxy) is 1. The first-order valence-corrected chi connectivity index (χ1v) is 11.8. The zero-order chi connectivity index (χ0) is 27.0. The molecule has 4 aromatic rings. The number of halogens is 2. The van der Waals surface area contributed by atoms with Gasteiger partial charge in [-0.3, -0.25) is 4.79 Å². The quantitative estimate of drug-likeness (QED) is 0.334. The van der Waals surface area contributed by atoms with Crippen LogP contribution in [-0.4, -0.2) is 49.4 Å². The SMILES string of the molecule is Cc1c(-c2ccc(C#CC3(O)COC3)nc2[C@H](CC(N)=O)Cc2cc(F)cc(F)c2)ccc2n[nH]c(=O)n12. The van der Waals surface area contributed by atoms with Crippen molar-refractivity contribution in [3.8, 4) is 23.0 Å². The van der Waals surface area contributed by atoms with Crippen LogP contribution in [0.1, 0.15) is 35.0 Å². The monoisotopic (exact) mass is 519 g/mol. The number of nitrogens with zero attached hydrogens (tertiary/aromatic N) is 3. The Bertz CT molecular complexity index is 1660. The van der Waals surface area contributed by atoms with Crippen LogP contribution in [0.4, 0.5) is 8.78 Å². The molecule has 0 unspecified atom stereocenters. The molecule has 1 aliphatic rings. The van der Waals surface area contributed by atoms with Crippen LogP contribution in [-0.2, 0) is 16.0 Å². The first-order valence-electron chi connectivity index (χ1n) is 11.8. The van der Waals surface area contributed by atoms with Gasteiger partial charge in [0.15, 0.2) is 11.2 Å². The number of nitrogens with one attached hydrogen (secondary N) is 1. The van der Waals surface area contributed by atoms with Crippen LogP contribution in [0.5, 0.6) is 0 Å². The van der Waals surface area contributed by atoms with Crippen LogP contribution < -0.4 is 11.4 Å². The van der Waals surface area contributed by atoms with Crippen molar-refractivity contribution in [3.05, 3.63) is 87.2 Å². The van der Waals surface area contributed by atoms with E-state index < -0.39 is 34.8 Å². The van der Waals surface area contributed by atoms with E-state index in [0.29, 0.717) is 39.4 Å². The van der Waals surface area contributed by atoms with Crippen molar-refractivity contribution in [2.24, 2.45) is 5.73 Å². The van der Waals surface area contributed by atoms with Gasteiger partial charge in [0.05, 0.1) is 18.9 Å². The number of rotatable bonds is 6. The molecule has 1 amide bonds. The summed E-state index contributed by atoms with van der Waals surface area (Å²) in [7, 11) is 0. The van der Waals surface area contributed by atoms with Crippen LogP contribution >= 0.6 is 0 Å². The number of aryl methyl sites for hydroxylation is 1. The van der Waals surface area contributed by atoms with Gasteiger partial charge in [-0.25, -0.2) is 28.1 Å².